The third-order valence-corrected chi connectivity index (χ3v) is 3.70. The molecule has 0 amide bonds. The van der Waals surface area contributed by atoms with Crippen LogP contribution in [0.15, 0.2) is 35.1 Å². The number of halogens is 3. The van der Waals surface area contributed by atoms with Crippen molar-refractivity contribution in [2.75, 3.05) is 11.9 Å². The number of ether oxygens (including phenoxy) is 1. The normalized spacial score (nSPS) is 12.0. The Hall–Kier alpha value is -1.33. The fourth-order valence-electron chi connectivity index (χ4n) is 1.94. The molecule has 1 aromatic carbocycles. The molecule has 0 fully saturated rings. The molecule has 3 nitrogen and oxygen atoms in total. The maximum atomic E-state index is 13.3. The van der Waals surface area contributed by atoms with Crippen LogP contribution >= 0.6 is 27.5 Å². The summed E-state index contributed by atoms with van der Waals surface area (Å²) in [5.41, 5.74) is 1.49. The number of hydrogen-bond donors (Lipinski definition) is 1. The highest BCUT2D eigenvalue weighted by Gasteiger charge is 2.14. The fraction of sp³-hybridized carbons (Fsp3) is 0.267. The number of nitrogens with one attached hydrogen (secondary N) is 1. The number of anilines is 1. The first-order valence-electron chi connectivity index (χ1n) is 6.50. The molecule has 0 saturated carbocycles. The third-order valence-electron chi connectivity index (χ3n) is 2.90. The molecule has 2 aromatic rings. The SMILES string of the molecule is CCOc1c(Br)cc(Cl)cc1NC(C)c1cncc(F)c1. The van der Waals surface area contributed by atoms with Crippen LogP contribution in [0, 0.1) is 5.82 Å². The van der Waals surface area contributed by atoms with E-state index in [1.807, 2.05) is 13.8 Å². The zero-order valence-corrected chi connectivity index (χ0v) is 14.0. The maximum Gasteiger partial charge on any atom is 0.156 e. The second kappa shape index (κ2) is 7.09. The van der Waals surface area contributed by atoms with Gasteiger partial charge in [0, 0.05) is 11.2 Å². The Morgan fingerprint density at radius 3 is 2.81 bits per heavy atom. The zero-order valence-electron chi connectivity index (χ0n) is 11.7. The smallest absolute Gasteiger partial charge is 0.156 e. The van der Waals surface area contributed by atoms with Crippen molar-refractivity contribution in [1.82, 2.24) is 4.98 Å². The van der Waals surface area contributed by atoms with E-state index in [1.54, 1.807) is 18.3 Å². The van der Waals surface area contributed by atoms with Crippen molar-refractivity contribution < 1.29 is 9.13 Å². The summed E-state index contributed by atoms with van der Waals surface area (Å²) in [5, 5.41) is 3.86. The molecular weight excluding hydrogens is 359 g/mol. The minimum atomic E-state index is -0.363. The maximum absolute atomic E-state index is 13.3. The Morgan fingerprint density at radius 2 is 2.14 bits per heavy atom. The summed E-state index contributed by atoms with van der Waals surface area (Å²) in [6.45, 7) is 4.36. The monoisotopic (exact) mass is 372 g/mol. The number of nitrogens with zero attached hydrogens (tertiary/aromatic N) is 1. The van der Waals surface area contributed by atoms with E-state index in [2.05, 4.69) is 26.2 Å². The molecule has 0 saturated heterocycles. The highest BCUT2D eigenvalue weighted by molar-refractivity contribution is 9.10. The van der Waals surface area contributed by atoms with Gasteiger partial charge in [-0.15, -0.1) is 0 Å². The first-order chi connectivity index (χ1) is 10.0. The van der Waals surface area contributed by atoms with Crippen LogP contribution < -0.4 is 10.1 Å². The summed E-state index contributed by atoms with van der Waals surface area (Å²) in [4.78, 5) is 3.86. The molecule has 0 aliphatic rings. The highest BCUT2D eigenvalue weighted by Crippen LogP contribution is 2.38. The van der Waals surface area contributed by atoms with Gasteiger partial charge in [0.25, 0.3) is 0 Å². The van der Waals surface area contributed by atoms with Crippen molar-refractivity contribution in [3.05, 3.63) is 51.5 Å². The van der Waals surface area contributed by atoms with Crippen molar-refractivity contribution >= 4 is 33.2 Å². The zero-order chi connectivity index (χ0) is 15.4. The van der Waals surface area contributed by atoms with E-state index in [1.165, 1.54) is 12.3 Å². The Kier molecular flexibility index (Phi) is 5.42. The summed E-state index contributed by atoms with van der Waals surface area (Å²) < 4.78 is 19.6. The van der Waals surface area contributed by atoms with Crippen molar-refractivity contribution in [3.63, 3.8) is 0 Å². The first-order valence-corrected chi connectivity index (χ1v) is 7.67. The van der Waals surface area contributed by atoms with Gasteiger partial charge in [0.05, 0.1) is 29.0 Å². The summed E-state index contributed by atoms with van der Waals surface area (Å²) in [7, 11) is 0. The van der Waals surface area contributed by atoms with E-state index in [0.717, 1.165) is 15.7 Å². The fourth-order valence-corrected chi connectivity index (χ4v) is 2.86. The molecule has 21 heavy (non-hydrogen) atoms. The Balaban J connectivity index is 2.30. The van der Waals surface area contributed by atoms with Crippen LogP contribution in [0.2, 0.25) is 5.02 Å². The Bertz CT molecular complexity index is 639. The summed E-state index contributed by atoms with van der Waals surface area (Å²) >= 11 is 9.51. The van der Waals surface area contributed by atoms with E-state index in [0.29, 0.717) is 17.4 Å². The molecule has 112 valence electrons. The van der Waals surface area contributed by atoms with E-state index in [4.69, 9.17) is 16.3 Å². The number of benzene rings is 1. The lowest BCUT2D eigenvalue weighted by atomic mass is 10.1. The predicted molar refractivity (Wildman–Crippen MR) is 86.6 cm³/mol. The van der Waals surface area contributed by atoms with Gasteiger partial charge in [0.15, 0.2) is 5.75 Å². The van der Waals surface area contributed by atoms with Crippen molar-refractivity contribution in [3.8, 4) is 5.75 Å². The van der Waals surface area contributed by atoms with Crippen molar-refractivity contribution in [2.45, 2.75) is 19.9 Å². The van der Waals surface area contributed by atoms with Crippen LogP contribution in [-0.4, -0.2) is 11.6 Å². The largest absolute Gasteiger partial charge is 0.491 e. The van der Waals surface area contributed by atoms with Crippen LogP contribution in [0.4, 0.5) is 10.1 Å². The molecule has 6 heteroatoms. The van der Waals surface area contributed by atoms with Gasteiger partial charge in [-0.3, -0.25) is 4.98 Å². The van der Waals surface area contributed by atoms with Gasteiger partial charge in [-0.1, -0.05) is 11.6 Å². The van der Waals surface area contributed by atoms with Gasteiger partial charge in [0.2, 0.25) is 0 Å². The Labute approximate surface area is 136 Å². The first kappa shape index (κ1) is 16.0. The standard InChI is InChI=1S/C15H15BrClFN2O/c1-3-21-15-13(16)5-11(17)6-14(15)20-9(2)10-4-12(18)8-19-7-10/h4-9,20H,3H2,1-2H3. The average molecular weight is 374 g/mol. The molecule has 0 spiro atoms. The molecular formula is C15H15BrClFN2O. The minimum Gasteiger partial charge on any atom is -0.491 e. The van der Waals surface area contributed by atoms with Gasteiger partial charge >= 0.3 is 0 Å². The molecule has 1 aromatic heterocycles. The van der Waals surface area contributed by atoms with Crippen LogP contribution in [-0.2, 0) is 0 Å². The Morgan fingerprint density at radius 1 is 1.38 bits per heavy atom. The van der Waals surface area contributed by atoms with Crippen LogP contribution in [0.3, 0.4) is 0 Å². The lowest BCUT2D eigenvalue weighted by Gasteiger charge is -2.19. The molecule has 1 atom stereocenters. The number of hydrogen-bond acceptors (Lipinski definition) is 3. The summed E-state index contributed by atoms with van der Waals surface area (Å²) in [6, 6.07) is 4.86. The highest BCUT2D eigenvalue weighted by atomic mass is 79.9. The molecule has 1 unspecified atom stereocenters. The molecule has 2 rings (SSSR count). The van der Waals surface area contributed by atoms with Gasteiger partial charge in [0.1, 0.15) is 5.82 Å². The van der Waals surface area contributed by atoms with Gasteiger partial charge < -0.3 is 10.1 Å². The molecule has 0 radical (unpaired) electrons. The molecule has 0 aliphatic heterocycles. The lowest BCUT2D eigenvalue weighted by molar-refractivity contribution is 0.339. The van der Waals surface area contributed by atoms with Crippen molar-refractivity contribution in [2.24, 2.45) is 0 Å². The molecule has 0 bridgehead atoms. The lowest BCUT2D eigenvalue weighted by Crippen LogP contribution is -2.09. The number of aromatic nitrogens is 1. The van der Waals surface area contributed by atoms with Gasteiger partial charge in [-0.2, -0.15) is 0 Å². The molecule has 1 N–H and O–H groups in total. The number of rotatable bonds is 5. The van der Waals surface area contributed by atoms with Crippen LogP contribution in [0.25, 0.3) is 0 Å². The second-order valence-electron chi connectivity index (χ2n) is 4.50. The van der Waals surface area contributed by atoms with E-state index >= 15 is 0 Å². The summed E-state index contributed by atoms with van der Waals surface area (Å²) in [6.07, 6.45) is 2.80. The van der Waals surface area contributed by atoms with E-state index in [-0.39, 0.29) is 11.9 Å². The predicted octanol–water partition coefficient (Wildman–Crippen LogP) is 5.21. The summed E-state index contributed by atoms with van der Waals surface area (Å²) in [5.74, 6) is 0.316. The van der Waals surface area contributed by atoms with E-state index in [9.17, 15) is 4.39 Å². The topological polar surface area (TPSA) is 34.1 Å². The van der Waals surface area contributed by atoms with Crippen molar-refractivity contribution in [1.29, 1.82) is 0 Å². The average Bonchev–Trinajstić information content (AvgIpc) is 2.42. The molecule has 0 aliphatic carbocycles. The second-order valence-corrected chi connectivity index (χ2v) is 5.79. The van der Waals surface area contributed by atoms with Gasteiger partial charge in [-0.25, -0.2) is 4.39 Å². The van der Waals surface area contributed by atoms with E-state index < -0.39 is 0 Å². The minimum absolute atomic E-state index is 0.141. The van der Waals surface area contributed by atoms with Crippen LogP contribution in [0.5, 0.6) is 5.75 Å². The van der Waals surface area contributed by atoms with Gasteiger partial charge in [-0.05, 0) is 53.5 Å². The van der Waals surface area contributed by atoms with Crippen LogP contribution in [0.1, 0.15) is 25.5 Å². The third kappa shape index (κ3) is 4.08. The quantitative estimate of drug-likeness (QED) is 0.781. The molecule has 1 heterocycles. The number of pyridine rings is 1.